The lowest BCUT2D eigenvalue weighted by Gasteiger charge is -2.46. The summed E-state index contributed by atoms with van der Waals surface area (Å²) in [5.41, 5.74) is 5.83. The van der Waals surface area contributed by atoms with Crippen LogP contribution in [0.5, 0.6) is 0 Å². The van der Waals surface area contributed by atoms with Gasteiger partial charge in [0, 0.05) is 0 Å². The fraction of sp³-hybridized carbons (Fsp3) is 0.235. The quantitative estimate of drug-likeness (QED) is 0.0925. The summed E-state index contributed by atoms with van der Waals surface area (Å²) in [7, 11) is 1.39. The van der Waals surface area contributed by atoms with Crippen LogP contribution in [0, 0.1) is 0 Å². The molecule has 0 radical (unpaired) electrons. The van der Waals surface area contributed by atoms with E-state index in [0.29, 0.717) is 26.4 Å². The number of methoxy groups -OCH3 is 1. The lowest BCUT2D eigenvalue weighted by molar-refractivity contribution is -0.275. The van der Waals surface area contributed by atoms with E-state index < -0.39 is 30.5 Å². The fourth-order valence-corrected chi connectivity index (χ4v) is 6.66. The molecule has 5 unspecified atom stereocenters. The number of esters is 1. The average Bonchev–Trinajstić information content (AvgIpc) is 3.27. The molecule has 0 amide bonds. The average molecular weight is 777 g/mol. The Morgan fingerprint density at radius 2 is 0.810 bits per heavy atom. The van der Waals surface area contributed by atoms with Crippen LogP contribution in [-0.2, 0) is 66.1 Å². The molecule has 0 spiro atoms. The largest absolute Gasteiger partial charge is 0.469 e. The molecule has 1 fully saturated rings. The maximum atomic E-state index is 12.2. The van der Waals surface area contributed by atoms with Gasteiger partial charge in [-0.2, -0.15) is 0 Å². The second-order valence-electron chi connectivity index (χ2n) is 13.9. The van der Waals surface area contributed by atoms with E-state index in [-0.39, 0.29) is 19.0 Å². The van der Waals surface area contributed by atoms with Crippen molar-refractivity contribution >= 4 is 5.97 Å². The van der Waals surface area contributed by atoms with E-state index in [4.69, 9.17) is 28.4 Å². The normalized spacial score (nSPS) is 18.6. The van der Waals surface area contributed by atoms with Crippen molar-refractivity contribution in [1.29, 1.82) is 0 Å². The molecule has 7 nitrogen and oxygen atoms in total. The number of rotatable bonds is 16. The third-order valence-corrected chi connectivity index (χ3v) is 9.65. The van der Waals surface area contributed by atoms with Crippen molar-refractivity contribution in [2.45, 2.75) is 63.4 Å². The lowest BCUT2D eigenvalue weighted by Crippen LogP contribution is -2.58. The molecule has 5 aromatic carbocycles. The zero-order valence-corrected chi connectivity index (χ0v) is 33.0. The van der Waals surface area contributed by atoms with E-state index in [1.165, 1.54) is 7.11 Å². The van der Waals surface area contributed by atoms with E-state index in [2.05, 4.69) is 36.4 Å². The van der Waals surface area contributed by atoms with Gasteiger partial charge >= 0.3 is 5.97 Å². The van der Waals surface area contributed by atoms with Gasteiger partial charge in [0.15, 0.2) is 0 Å². The highest BCUT2D eigenvalue weighted by Crippen LogP contribution is 2.38. The van der Waals surface area contributed by atoms with Crippen LogP contribution in [0.2, 0.25) is 0 Å². The van der Waals surface area contributed by atoms with Crippen LogP contribution in [0.25, 0.3) is 0 Å². The summed E-state index contributed by atoms with van der Waals surface area (Å²) >= 11 is 0. The number of hydrogen-bond donors (Lipinski definition) is 0. The third-order valence-electron chi connectivity index (χ3n) is 9.65. The van der Waals surface area contributed by atoms with Crippen LogP contribution in [0.4, 0.5) is 0 Å². The molecule has 298 valence electrons. The fourth-order valence-electron chi connectivity index (χ4n) is 6.66. The topological polar surface area (TPSA) is 72.5 Å². The van der Waals surface area contributed by atoms with Gasteiger partial charge in [0.05, 0.1) is 46.6 Å². The van der Waals surface area contributed by atoms with Crippen molar-refractivity contribution in [2.24, 2.45) is 0 Å². The smallest absolute Gasteiger partial charge is 0.309 e. The highest BCUT2D eigenvalue weighted by atomic mass is 16.6. The van der Waals surface area contributed by atoms with Crippen molar-refractivity contribution in [1.82, 2.24) is 0 Å². The first-order valence-corrected chi connectivity index (χ1v) is 19.7. The number of hydrogen-bond acceptors (Lipinski definition) is 7. The Morgan fingerprint density at radius 3 is 1.31 bits per heavy atom. The molecule has 1 aliphatic rings. The number of benzene rings is 4. The molecule has 1 heterocycles. The Labute approximate surface area is 342 Å². The number of carbonyl (C=O) groups excluding carboxylic acids is 1. The van der Waals surface area contributed by atoms with Gasteiger partial charge < -0.3 is 28.4 Å². The molecule has 6 rings (SSSR count). The summed E-state index contributed by atoms with van der Waals surface area (Å²) in [5, 5.41) is 0. The summed E-state index contributed by atoms with van der Waals surface area (Å²) in [6.45, 7) is 1.70. The molecule has 0 N–H and O–H groups in total. The van der Waals surface area contributed by atoms with E-state index in [0.717, 1.165) is 33.4 Å². The Hall–Kier alpha value is -5.67. The molecule has 1 aliphatic heterocycles. The van der Waals surface area contributed by atoms with Crippen LogP contribution in [0.3, 0.4) is 0 Å². The molecule has 0 saturated carbocycles. The minimum absolute atomic E-state index is 0.147. The van der Waals surface area contributed by atoms with Crippen molar-refractivity contribution in [3.05, 3.63) is 228 Å². The maximum absolute atomic E-state index is 12.2. The first-order chi connectivity index (χ1) is 28.7. The first-order valence-electron chi connectivity index (χ1n) is 19.7. The van der Waals surface area contributed by atoms with Crippen LogP contribution in [0.1, 0.15) is 39.5 Å². The molecular weight excluding hydrogens is 725 g/mol. The molecular formula is C51H52O7. The lowest BCUT2D eigenvalue weighted by atomic mass is 9.90. The summed E-state index contributed by atoms with van der Waals surface area (Å²) in [5.74, 6) is -0.312. The van der Waals surface area contributed by atoms with Gasteiger partial charge in [-0.15, -0.1) is 0 Å². The molecule has 0 aromatic heterocycles. The molecule has 5 atom stereocenters. The van der Waals surface area contributed by atoms with E-state index in [1.54, 1.807) is 0 Å². The Kier molecular flexibility index (Phi) is 17.0. The number of carbonyl (C=O) groups is 1. The van der Waals surface area contributed by atoms with Gasteiger partial charge in [-0.25, -0.2) is 0 Å². The van der Waals surface area contributed by atoms with E-state index in [9.17, 15) is 4.79 Å². The van der Waals surface area contributed by atoms with Crippen molar-refractivity contribution < 1.29 is 33.2 Å². The predicted molar refractivity (Wildman–Crippen MR) is 226 cm³/mol. The molecule has 7 heteroatoms. The maximum Gasteiger partial charge on any atom is 0.309 e. The van der Waals surface area contributed by atoms with Crippen LogP contribution in [0.15, 0.2) is 194 Å². The van der Waals surface area contributed by atoms with Gasteiger partial charge in [0.25, 0.3) is 0 Å². The summed E-state index contributed by atoms with van der Waals surface area (Å²) in [6.07, 6.45) is -2.71. The molecule has 1 saturated heterocycles. The van der Waals surface area contributed by atoms with E-state index in [1.807, 2.05) is 158 Å². The second kappa shape index (κ2) is 23.5. The zero-order valence-electron chi connectivity index (χ0n) is 33.0. The zero-order chi connectivity index (χ0) is 40.0. The van der Waals surface area contributed by atoms with Crippen LogP contribution >= 0.6 is 0 Å². The Morgan fingerprint density at radius 1 is 0.448 bits per heavy atom. The van der Waals surface area contributed by atoms with E-state index >= 15 is 0 Å². The van der Waals surface area contributed by atoms with Crippen molar-refractivity contribution in [3.63, 3.8) is 0 Å². The molecule has 0 aliphatic carbocycles. The van der Waals surface area contributed by atoms with Gasteiger partial charge in [-0.05, 0) is 33.4 Å². The molecule has 0 bridgehead atoms. The Balaban J connectivity index is 1.43. The monoisotopic (exact) mass is 776 g/mol. The standard InChI is InChI=1S/C51H52O7/c1-53-47(52)34-40-22-10-4-2-3-5-19-32-45(33-21-20-23-40)48-50(56-37-43-28-15-8-16-29-43)51(57-38-44-30-17-9-18-31-44)49(55-36-42-26-13-7-14-27-42)46(58-48)39-54-35-41-24-11-6-12-25-41/h2-33,46,48-51H,34-39H2,1H3. The highest BCUT2D eigenvalue weighted by Gasteiger charge is 2.49. The molecule has 5 aromatic rings. The SMILES string of the molecule is COC(=O)Cc1ccccccccc(C2OC(COCc3ccccc3)C(OCc3ccccc3)C(OCc3ccccc3)C2OCc2ccccc2)cccc1. The number of ether oxygens (including phenoxy) is 6. The van der Waals surface area contributed by atoms with Gasteiger partial charge in [-0.1, -0.05) is 194 Å². The van der Waals surface area contributed by atoms with Crippen molar-refractivity contribution in [3.8, 4) is 0 Å². The Bertz CT molecular complexity index is 2060. The van der Waals surface area contributed by atoms with Crippen LogP contribution < -0.4 is 0 Å². The van der Waals surface area contributed by atoms with Gasteiger partial charge in [0.1, 0.15) is 30.5 Å². The van der Waals surface area contributed by atoms with Crippen LogP contribution in [-0.4, -0.2) is 44.1 Å². The highest BCUT2D eigenvalue weighted by molar-refractivity contribution is 5.72. The minimum atomic E-state index is -0.601. The minimum Gasteiger partial charge on any atom is -0.469 e. The summed E-state index contributed by atoms with van der Waals surface area (Å²) in [4.78, 5) is 12.2. The third kappa shape index (κ3) is 13.5. The summed E-state index contributed by atoms with van der Waals surface area (Å²) < 4.78 is 39.3. The second-order valence-corrected chi connectivity index (χ2v) is 13.9. The predicted octanol–water partition coefficient (Wildman–Crippen LogP) is 10.1. The van der Waals surface area contributed by atoms with Gasteiger partial charge in [0.2, 0.25) is 0 Å². The van der Waals surface area contributed by atoms with Crippen molar-refractivity contribution in [2.75, 3.05) is 13.7 Å². The molecule has 58 heavy (non-hydrogen) atoms. The summed E-state index contributed by atoms with van der Waals surface area (Å²) in [6, 6.07) is 63.9. The first kappa shape index (κ1) is 41.9. The van der Waals surface area contributed by atoms with Gasteiger partial charge in [-0.3, -0.25) is 4.79 Å².